The topological polar surface area (TPSA) is 71.2 Å². The summed E-state index contributed by atoms with van der Waals surface area (Å²) in [5, 5.41) is 17.5. The number of benzene rings is 1. The molecule has 2 N–H and O–H groups in total. The maximum Gasteiger partial charge on any atom is 0.258 e. The molecule has 0 spiro atoms. The molecule has 0 radical (unpaired) electrons. The second-order valence-corrected chi connectivity index (χ2v) is 5.10. The first-order chi connectivity index (χ1) is 9.66. The summed E-state index contributed by atoms with van der Waals surface area (Å²) >= 11 is 0. The number of aliphatic hydroxyl groups is 1. The summed E-state index contributed by atoms with van der Waals surface area (Å²) in [4.78, 5) is 4.25. The molecule has 0 amide bonds. The van der Waals surface area contributed by atoms with E-state index >= 15 is 0 Å². The average Bonchev–Trinajstić information content (AvgIpc) is 2.89. The zero-order valence-electron chi connectivity index (χ0n) is 11.0. The maximum absolute atomic E-state index is 13.1. The van der Waals surface area contributed by atoms with Crippen molar-refractivity contribution in [2.75, 3.05) is 13.1 Å². The van der Waals surface area contributed by atoms with Crippen LogP contribution >= 0.6 is 0 Å². The smallest absolute Gasteiger partial charge is 0.258 e. The molecule has 1 aliphatic heterocycles. The second kappa shape index (κ2) is 5.30. The van der Waals surface area contributed by atoms with E-state index in [1.54, 1.807) is 12.1 Å². The van der Waals surface area contributed by atoms with Gasteiger partial charge >= 0.3 is 0 Å². The van der Waals surface area contributed by atoms with Crippen molar-refractivity contribution < 1.29 is 14.0 Å². The number of piperidine rings is 1. The van der Waals surface area contributed by atoms with Gasteiger partial charge in [0.15, 0.2) is 5.82 Å². The lowest BCUT2D eigenvalue weighted by Gasteiger charge is -2.28. The molecule has 20 heavy (non-hydrogen) atoms. The first-order valence-corrected chi connectivity index (χ1v) is 6.66. The van der Waals surface area contributed by atoms with Gasteiger partial charge in [-0.2, -0.15) is 4.98 Å². The fourth-order valence-corrected chi connectivity index (χ4v) is 2.40. The van der Waals surface area contributed by atoms with E-state index in [0.717, 1.165) is 18.7 Å². The summed E-state index contributed by atoms with van der Waals surface area (Å²) in [7, 11) is 0. The van der Waals surface area contributed by atoms with Gasteiger partial charge in [0.1, 0.15) is 11.4 Å². The van der Waals surface area contributed by atoms with Crippen LogP contribution in [0.5, 0.6) is 0 Å². The summed E-state index contributed by atoms with van der Waals surface area (Å²) in [5.74, 6) is 0.422. The van der Waals surface area contributed by atoms with Gasteiger partial charge in [0, 0.05) is 6.42 Å². The highest BCUT2D eigenvalue weighted by Gasteiger charge is 2.36. The van der Waals surface area contributed by atoms with Crippen molar-refractivity contribution in [3.8, 4) is 0 Å². The molecule has 5 nitrogen and oxygen atoms in total. The highest BCUT2D eigenvalue weighted by Crippen LogP contribution is 2.29. The minimum atomic E-state index is -1.04. The van der Waals surface area contributed by atoms with Gasteiger partial charge in [0.25, 0.3) is 5.89 Å². The average molecular weight is 277 g/mol. The largest absolute Gasteiger partial charge is 0.380 e. The van der Waals surface area contributed by atoms with Crippen molar-refractivity contribution in [2.45, 2.75) is 24.9 Å². The third-order valence-electron chi connectivity index (χ3n) is 3.55. The first kappa shape index (κ1) is 13.2. The van der Waals surface area contributed by atoms with Crippen LogP contribution in [0.2, 0.25) is 0 Å². The van der Waals surface area contributed by atoms with E-state index in [1.165, 1.54) is 12.1 Å². The molecule has 6 heteroatoms. The highest BCUT2D eigenvalue weighted by atomic mass is 19.1. The lowest BCUT2D eigenvalue weighted by atomic mass is 9.92. The number of hydrogen-bond acceptors (Lipinski definition) is 5. The van der Waals surface area contributed by atoms with Gasteiger partial charge in [-0.15, -0.1) is 0 Å². The van der Waals surface area contributed by atoms with Crippen LogP contribution in [0.25, 0.3) is 0 Å². The molecule has 1 aliphatic rings. The van der Waals surface area contributed by atoms with Crippen LogP contribution in [-0.2, 0) is 12.0 Å². The summed E-state index contributed by atoms with van der Waals surface area (Å²) in [6.07, 6.45) is 1.48. The summed E-state index contributed by atoms with van der Waals surface area (Å²) in [6.45, 7) is 1.44. The molecule has 0 atom stereocenters. The number of nitrogens with one attached hydrogen (secondary N) is 1. The predicted octanol–water partition coefficient (Wildman–Crippen LogP) is 1.37. The van der Waals surface area contributed by atoms with Gasteiger partial charge in [0.05, 0.1) is 0 Å². The molecule has 3 rings (SSSR count). The van der Waals surface area contributed by atoms with Crippen LogP contribution in [0.4, 0.5) is 4.39 Å². The van der Waals surface area contributed by atoms with E-state index in [-0.39, 0.29) is 11.7 Å². The molecule has 1 aromatic heterocycles. The first-order valence-electron chi connectivity index (χ1n) is 6.66. The predicted molar refractivity (Wildman–Crippen MR) is 69.5 cm³/mol. The summed E-state index contributed by atoms with van der Waals surface area (Å²) in [6, 6.07) is 6.28. The Hall–Kier alpha value is -1.79. The Labute approximate surface area is 115 Å². The molecule has 1 aromatic carbocycles. The third kappa shape index (κ3) is 2.71. The van der Waals surface area contributed by atoms with Crippen molar-refractivity contribution >= 4 is 0 Å². The van der Waals surface area contributed by atoms with Gasteiger partial charge in [-0.1, -0.05) is 17.3 Å². The zero-order chi connectivity index (χ0) is 14.0. The minimum Gasteiger partial charge on any atom is -0.380 e. The van der Waals surface area contributed by atoms with Crippen molar-refractivity contribution in [1.29, 1.82) is 0 Å². The molecule has 1 fully saturated rings. The van der Waals surface area contributed by atoms with Gasteiger partial charge < -0.3 is 14.9 Å². The van der Waals surface area contributed by atoms with Gasteiger partial charge in [0.2, 0.25) is 0 Å². The molecule has 0 saturated carbocycles. The van der Waals surface area contributed by atoms with Crippen LogP contribution in [0.1, 0.15) is 30.1 Å². The molecule has 2 heterocycles. The standard InChI is InChI=1S/C14H16FN3O2/c15-11-3-1-2-10(8-11)9-12-17-13(20-18-12)14(19)4-6-16-7-5-14/h1-3,8,16,19H,4-7,9H2. The van der Waals surface area contributed by atoms with Gasteiger partial charge in [-0.25, -0.2) is 4.39 Å². The van der Waals surface area contributed by atoms with E-state index < -0.39 is 5.60 Å². The minimum absolute atomic E-state index is 0.255. The highest BCUT2D eigenvalue weighted by molar-refractivity contribution is 5.20. The Morgan fingerprint density at radius 2 is 2.15 bits per heavy atom. The molecule has 1 saturated heterocycles. The normalized spacial score (nSPS) is 18.1. The van der Waals surface area contributed by atoms with Crippen LogP contribution < -0.4 is 5.32 Å². The zero-order valence-corrected chi connectivity index (χ0v) is 11.0. The fraction of sp³-hybridized carbons (Fsp3) is 0.429. The van der Waals surface area contributed by atoms with Gasteiger partial charge in [-0.3, -0.25) is 0 Å². The Balaban J connectivity index is 1.76. The number of aromatic nitrogens is 2. The molecule has 0 bridgehead atoms. The van der Waals surface area contributed by atoms with E-state index in [0.29, 0.717) is 25.1 Å². The molecule has 0 aliphatic carbocycles. The molecule has 2 aromatic rings. The van der Waals surface area contributed by atoms with Crippen LogP contribution in [0.3, 0.4) is 0 Å². The lowest BCUT2D eigenvalue weighted by Crippen LogP contribution is -2.39. The van der Waals surface area contributed by atoms with E-state index in [9.17, 15) is 9.50 Å². The lowest BCUT2D eigenvalue weighted by molar-refractivity contribution is -0.0228. The van der Waals surface area contributed by atoms with Gasteiger partial charge in [-0.05, 0) is 43.6 Å². The van der Waals surface area contributed by atoms with Crippen molar-refractivity contribution in [2.24, 2.45) is 0 Å². The number of hydrogen-bond donors (Lipinski definition) is 2. The Kier molecular flexibility index (Phi) is 3.50. The fourth-order valence-electron chi connectivity index (χ4n) is 2.40. The SMILES string of the molecule is OC1(c2nc(Cc3cccc(F)c3)no2)CCNCC1. The van der Waals surface area contributed by atoms with E-state index in [4.69, 9.17) is 4.52 Å². The van der Waals surface area contributed by atoms with Crippen molar-refractivity contribution in [1.82, 2.24) is 15.5 Å². The van der Waals surface area contributed by atoms with Crippen molar-refractivity contribution in [3.63, 3.8) is 0 Å². The second-order valence-electron chi connectivity index (χ2n) is 5.10. The molecular weight excluding hydrogens is 261 g/mol. The van der Waals surface area contributed by atoms with E-state index in [2.05, 4.69) is 15.5 Å². The third-order valence-corrected chi connectivity index (χ3v) is 3.55. The van der Waals surface area contributed by atoms with Crippen LogP contribution in [0, 0.1) is 5.82 Å². The Morgan fingerprint density at radius 1 is 1.35 bits per heavy atom. The quantitative estimate of drug-likeness (QED) is 0.886. The summed E-state index contributed by atoms with van der Waals surface area (Å²) < 4.78 is 18.3. The summed E-state index contributed by atoms with van der Waals surface area (Å²) in [5.41, 5.74) is -0.270. The maximum atomic E-state index is 13.1. The van der Waals surface area contributed by atoms with E-state index in [1.807, 2.05) is 0 Å². The molecular formula is C14H16FN3O2. The monoisotopic (exact) mass is 277 g/mol. The Morgan fingerprint density at radius 3 is 2.90 bits per heavy atom. The number of nitrogens with zero attached hydrogens (tertiary/aromatic N) is 2. The number of rotatable bonds is 3. The Bertz CT molecular complexity index is 594. The van der Waals surface area contributed by atoms with Crippen LogP contribution in [-0.4, -0.2) is 28.3 Å². The number of halogens is 1. The van der Waals surface area contributed by atoms with Crippen LogP contribution in [0.15, 0.2) is 28.8 Å². The molecule has 0 unspecified atom stereocenters. The molecule has 106 valence electrons. The van der Waals surface area contributed by atoms with Crippen molar-refractivity contribution in [3.05, 3.63) is 47.4 Å².